The summed E-state index contributed by atoms with van der Waals surface area (Å²) >= 11 is 4.95. The molecule has 5 heteroatoms. The second kappa shape index (κ2) is 8.11. The first-order valence-corrected chi connectivity index (χ1v) is 9.33. The molecule has 3 aromatic rings. The summed E-state index contributed by atoms with van der Waals surface area (Å²) in [5.74, 6) is 0.730. The molecule has 0 unspecified atom stereocenters. The minimum absolute atomic E-state index is 0.474. The van der Waals surface area contributed by atoms with Crippen molar-refractivity contribution in [3.05, 3.63) is 80.2 Å². The van der Waals surface area contributed by atoms with E-state index in [1.54, 1.807) is 0 Å². The predicted molar refractivity (Wildman–Crippen MR) is 105 cm³/mol. The summed E-state index contributed by atoms with van der Waals surface area (Å²) in [4.78, 5) is 4.40. The van der Waals surface area contributed by atoms with E-state index in [2.05, 4.69) is 27.0 Å². The minimum atomic E-state index is 0.474. The van der Waals surface area contributed by atoms with Gasteiger partial charge in [-0.3, -0.25) is 0 Å². The third-order valence-corrected chi connectivity index (χ3v) is 4.97. The van der Waals surface area contributed by atoms with E-state index in [0.29, 0.717) is 17.2 Å². The molecule has 124 valence electrons. The Labute approximate surface area is 159 Å². The van der Waals surface area contributed by atoms with E-state index in [1.165, 1.54) is 11.3 Å². The molecule has 0 aliphatic carbocycles. The molecule has 3 nitrogen and oxygen atoms in total. The average molecular weight is 411 g/mol. The first-order valence-electron chi connectivity index (χ1n) is 7.66. The normalized spacial score (nSPS) is 11.2. The van der Waals surface area contributed by atoms with Crippen LogP contribution in [0, 0.1) is 18.3 Å². The largest absolute Gasteiger partial charge is 0.488 e. The molecule has 3 rings (SSSR count). The molecule has 0 radical (unpaired) electrons. The lowest BCUT2D eigenvalue weighted by Crippen LogP contribution is -1.97. The summed E-state index contributed by atoms with van der Waals surface area (Å²) < 4.78 is 6.90. The highest BCUT2D eigenvalue weighted by Gasteiger charge is 2.09. The van der Waals surface area contributed by atoms with Gasteiger partial charge in [-0.2, -0.15) is 5.26 Å². The summed E-state index contributed by atoms with van der Waals surface area (Å²) in [5, 5.41) is 12.2. The zero-order valence-electron chi connectivity index (χ0n) is 13.6. The van der Waals surface area contributed by atoms with E-state index in [1.807, 2.05) is 66.9 Å². The van der Waals surface area contributed by atoms with Crippen LogP contribution in [-0.2, 0) is 6.61 Å². The first kappa shape index (κ1) is 17.4. The van der Waals surface area contributed by atoms with Crippen molar-refractivity contribution < 1.29 is 4.74 Å². The van der Waals surface area contributed by atoms with E-state index in [4.69, 9.17) is 4.74 Å². The highest BCUT2D eigenvalue weighted by Crippen LogP contribution is 2.29. The lowest BCUT2D eigenvalue weighted by molar-refractivity contribution is 0.305. The summed E-state index contributed by atoms with van der Waals surface area (Å²) in [5.41, 5.74) is 3.38. The van der Waals surface area contributed by atoms with Crippen LogP contribution in [0.3, 0.4) is 0 Å². The van der Waals surface area contributed by atoms with Gasteiger partial charge in [-0.05, 0) is 36.8 Å². The molecule has 0 aliphatic rings. The lowest BCUT2D eigenvalue weighted by atomic mass is 10.1. The summed E-state index contributed by atoms with van der Waals surface area (Å²) in [6.07, 6.45) is 1.82. The monoisotopic (exact) mass is 410 g/mol. The Hall–Kier alpha value is -2.42. The highest BCUT2D eigenvalue weighted by molar-refractivity contribution is 9.10. The van der Waals surface area contributed by atoms with E-state index < -0.39 is 0 Å². The van der Waals surface area contributed by atoms with E-state index in [-0.39, 0.29) is 0 Å². The Morgan fingerprint density at radius 3 is 2.76 bits per heavy atom. The number of aryl methyl sites for hydroxylation is 1. The van der Waals surface area contributed by atoms with E-state index in [9.17, 15) is 5.26 Å². The molecule has 0 bridgehead atoms. The van der Waals surface area contributed by atoms with Gasteiger partial charge in [0.15, 0.2) is 0 Å². The van der Waals surface area contributed by atoms with Crippen molar-refractivity contribution in [3.63, 3.8) is 0 Å². The number of halogens is 1. The molecule has 0 aliphatic heterocycles. The van der Waals surface area contributed by atoms with Crippen LogP contribution >= 0.6 is 27.3 Å². The molecular formula is C20H15BrN2OS. The highest BCUT2D eigenvalue weighted by atomic mass is 79.9. The summed E-state index contributed by atoms with van der Waals surface area (Å²) in [7, 11) is 0. The van der Waals surface area contributed by atoms with E-state index in [0.717, 1.165) is 27.0 Å². The van der Waals surface area contributed by atoms with Gasteiger partial charge in [0.25, 0.3) is 0 Å². The fourth-order valence-electron chi connectivity index (χ4n) is 2.27. The van der Waals surface area contributed by atoms with Gasteiger partial charge < -0.3 is 4.74 Å². The number of hydrogen-bond donors (Lipinski definition) is 0. The SMILES string of the molecule is Cc1csc(/C(C#N)=C/c2cc(Br)ccc2OCc2ccccc2)n1. The van der Waals surface area contributed by atoms with Crippen LogP contribution in [0.25, 0.3) is 11.6 Å². The zero-order valence-corrected chi connectivity index (χ0v) is 16.0. The van der Waals surface area contributed by atoms with Crippen molar-refractivity contribution in [2.45, 2.75) is 13.5 Å². The molecule has 0 amide bonds. The number of nitrogens with zero attached hydrogens (tertiary/aromatic N) is 2. The molecule has 0 N–H and O–H groups in total. The third-order valence-electron chi connectivity index (χ3n) is 3.48. The second-order valence-corrected chi connectivity index (χ2v) is 7.19. The van der Waals surface area contributed by atoms with Gasteiger partial charge in [0.1, 0.15) is 23.4 Å². The Bertz CT molecular complexity index is 942. The van der Waals surface area contributed by atoms with Crippen molar-refractivity contribution in [2.24, 2.45) is 0 Å². The molecule has 25 heavy (non-hydrogen) atoms. The standard InChI is InChI=1S/C20H15BrN2OS/c1-14-13-25-20(23-14)17(11-22)9-16-10-18(21)7-8-19(16)24-12-15-5-3-2-4-6-15/h2-10,13H,12H2,1H3/b17-9+. The van der Waals surface area contributed by atoms with Crippen LogP contribution < -0.4 is 4.74 Å². The van der Waals surface area contributed by atoms with Crippen LogP contribution in [0.5, 0.6) is 5.75 Å². The maximum Gasteiger partial charge on any atom is 0.134 e. The maximum absolute atomic E-state index is 9.51. The summed E-state index contributed by atoms with van der Waals surface area (Å²) in [6, 6.07) is 18.0. The smallest absolute Gasteiger partial charge is 0.134 e. The topological polar surface area (TPSA) is 45.9 Å². The Morgan fingerprint density at radius 2 is 2.08 bits per heavy atom. The van der Waals surface area contributed by atoms with Crippen LogP contribution in [-0.4, -0.2) is 4.98 Å². The molecule has 0 saturated heterocycles. The minimum Gasteiger partial charge on any atom is -0.488 e. The second-order valence-electron chi connectivity index (χ2n) is 5.42. The Balaban J connectivity index is 1.91. The number of rotatable bonds is 5. The van der Waals surface area contributed by atoms with Gasteiger partial charge in [0, 0.05) is 21.1 Å². The van der Waals surface area contributed by atoms with Crippen LogP contribution in [0.2, 0.25) is 0 Å². The van der Waals surface area contributed by atoms with Gasteiger partial charge in [-0.15, -0.1) is 11.3 Å². The van der Waals surface area contributed by atoms with Gasteiger partial charge in [0.2, 0.25) is 0 Å². The molecule has 1 heterocycles. The Kier molecular flexibility index (Phi) is 5.64. The third kappa shape index (κ3) is 4.56. The predicted octanol–water partition coefficient (Wildman–Crippen LogP) is 5.86. The van der Waals surface area contributed by atoms with Crippen molar-refractivity contribution >= 4 is 38.9 Å². The number of aromatic nitrogens is 1. The van der Waals surface area contributed by atoms with E-state index >= 15 is 0 Å². The number of nitriles is 1. The summed E-state index contributed by atoms with van der Waals surface area (Å²) in [6.45, 7) is 2.39. The van der Waals surface area contributed by atoms with Crippen molar-refractivity contribution in [1.29, 1.82) is 5.26 Å². The number of ether oxygens (including phenoxy) is 1. The lowest BCUT2D eigenvalue weighted by Gasteiger charge is -2.10. The van der Waals surface area contributed by atoms with Gasteiger partial charge in [-0.1, -0.05) is 46.3 Å². The molecule has 0 saturated carbocycles. The van der Waals surface area contributed by atoms with Crippen molar-refractivity contribution in [3.8, 4) is 11.8 Å². The molecular weight excluding hydrogens is 396 g/mol. The van der Waals surface area contributed by atoms with Crippen molar-refractivity contribution in [1.82, 2.24) is 4.98 Å². The van der Waals surface area contributed by atoms with Crippen LogP contribution in [0.15, 0.2) is 58.4 Å². The number of hydrogen-bond acceptors (Lipinski definition) is 4. The first-order chi connectivity index (χ1) is 12.2. The fraction of sp³-hybridized carbons (Fsp3) is 0.100. The van der Waals surface area contributed by atoms with Crippen LogP contribution in [0.4, 0.5) is 0 Å². The Morgan fingerprint density at radius 1 is 1.28 bits per heavy atom. The molecule has 2 aromatic carbocycles. The van der Waals surface area contributed by atoms with Gasteiger partial charge in [-0.25, -0.2) is 4.98 Å². The molecule has 0 fully saturated rings. The zero-order chi connectivity index (χ0) is 17.6. The molecule has 0 spiro atoms. The average Bonchev–Trinajstić information content (AvgIpc) is 3.06. The number of allylic oxidation sites excluding steroid dienone is 1. The number of thiazole rings is 1. The molecule has 1 aromatic heterocycles. The fourth-order valence-corrected chi connectivity index (χ4v) is 3.42. The maximum atomic E-state index is 9.51. The van der Waals surface area contributed by atoms with Gasteiger partial charge in [0.05, 0.1) is 5.57 Å². The number of benzene rings is 2. The van der Waals surface area contributed by atoms with Crippen molar-refractivity contribution in [2.75, 3.05) is 0 Å². The van der Waals surface area contributed by atoms with Gasteiger partial charge >= 0.3 is 0 Å². The molecule has 0 atom stereocenters. The quantitative estimate of drug-likeness (QED) is 0.494. The van der Waals surface area contributed by atoms with Crippen LogP contribution in [0.1, 0.15) is 21.8 Å².